The summed E-state index contributed by atoms with van der Waals surface area (Å²) >= 11 is 3.60. The van der Waals surface area contributed by atoms with E-state index in [-0.39, 0.29) is 5.91 Å². The van der Waals surface area contributed by atoms with Crippen LogP contribution in [0.3, 0.4) is 0 Å². The van der Waals surface area contributed by atoms with Crippen molar-refractivity contribution in [1.82, 2.24) is 9.97 Å². The first-order chi connectivity index (χ1) is 10.2. The number of rotatable bonds is 3. The van der Waals surface area contributed by atoms with Crippen molar-refractivity contribution in [2.45, 2.75) is 0 Å². The number of hydrogen-bond acceptors (Lipinski definition) is 4. The molecule has 0 saturated heterocycles. The van der Waals surface area contributed by atoms with Gasteiger partial charge in [0, 0.05) is 32.5 Å². The van der Waals surface area contributed by atoms with Crippen LogP contribution in [0.4, 0.5) is 5.13 Å². The van der Waals surface area contributed by atoms with E-state index in [1.54, 1.807) is 24.5 Å². The zero-order chi connectivity index (χ0) is 14.7. The van der Waals surface area contributed by atoms with Crippen LogP contribution in [0.2, 0.25) is 0 Å². The lowest BCUT2D eigenvalue weighted by atomic mass is 10.2. The molecule has 21 heavy (non-hydrogen) atoms. The molecule has 0 radical (unpaired) electrons. The molecule has 3 rings (SSSR count). The molecule has 1 N–H and O–H groups in total. The second-order valence-electron chi connectivity index (χ2n) is 4.24. The molecule has 0 aliphatic heterocycles. The Bertz CT molecular complexity index is 756. The fourth-order valence-corrected chi connectivity index (χ4v) is 2.82. The average Bonchev–Trinajstić information content (AvgIpc) is 2.97. The van der Waals surface area contributed by atoms with Crippen LogP contribution in [0.15, 0.2) is 54.2 Å². The van der Waals surface area contributed by atoms with Crippen LogP contribution in [-0.4, -0.2) is 15.9 Å². The van der Waals surface area contributed by atoms with E-state index in [1.165, 1.54) is 11.3 Å². The highest BCUT2D eigenvalue weighted by Gasteiger charge is 2.09. The summed E-state index contributed by atoms with van der Waals surface area (Å²) in [6, 6.07) is 11.2. The van der Waals surface area contributed by atoms with Crippen molar-refractivity contribution in [2.75, 3.05) is 5.32 Å². The Labute approximate surface area is 139 Å². The van der Waals surface area contributed by atoms with Crippen molar-refractivity contribution >= 4 is 45.0 Å². The third-order valence-corrected chi connectivity index (χ3v) is 4.27. The van der Waals surface area contributed by atoms with Gasteiger partial charge in [-0.05, 0) is 59.0 Å². The van der Waals surface area contributed by atoms with Gasteiger partial charge < -0.3 is 0 Å². The zero-order valence-corrected chi connectivity index (χ0v) is 13.8. The molecule has 4 nitrogen and oxygen atoms in total. The molecule has 3 aromatic rings. The molecule has 0 atom stereocenters. The van der Waals surface area contributed by atoms with Gasteiger partial charge >= 0.3 is 0 Å². The van der Waals surface area contributed by atoms with Crippen LogP contribution in [0.5, 0.6) is 0 Å². The van der Waals surface area contributed by atoms with Gasteiger partial charge in [-0.1, -0.05) is 0 Å². The molecule has 0 aliphatic rings. The largest absolute Gasteiger partial charge is 0.298 e. The van der Waals surface area contributed by atoms with Crippen LogP contribution in [-0.2, 0) is 0 Å². The smallest absolute Gasteiger partial charge is 0.257 e. The Morgan fingerprint density at radius 1 is 1.19 bits per heavy atom. The van der Waals surface area contributed by atoms with Gasteiger partial charge in [0.25, 0.3) is 5.91 Å². The third kappa shape index (κ3) is 3.45. The Kier molecular flexibility index (Phi) is 4.26. The first-order valence-corrected chi connectivity index (χ1v) is 8.11. The molecule has 2 aromatic heterocycles. The normalized spacial score (nSPS) is 10.3. The van der Waals surface area contributed by atoms with E-state index in [4.69, 9.17) is 0 Å². The van der Waals surface area contributed by atoms with Gasteiger partial charge in [-0.3, -0.25) is 15.1 Å². The lowest BCUT2D eigenvalue weighted by Crippen LogP contribution is -2.11. The monoisotopic (exact) mass is 407 g/mol. The van der Waals surface area contributed by atoms with Gasteiger partial charge in [0.05, 0.1) is 5.69 Å². The number of carbonyl (C=O) groups excluding carboxylic acids is 1. The van der Waals surface area contributed by atoms with E-state index >= 15 is 0 Å². The zero-order valence-electron chi connectivity index (χ0n) is 10.8. The Balaban J connectivity index is 1.75. The van der Waals surface area contributed by atoms with E-state index < -0.39 is 0 Å². The highest BCUT2D eigenvalue weighted by molar-refractivity contribution is 14.1. The molecular formula is C15H10IN3OS. The summed E-state index contributed by atoms with van der Waals surface area (Å²) in [6.07, 6.45) is 3.47. The van der Waals surface area contributed by atoms with Crippen molar-refractivity contribution in [3.05, 3.63) is 63.3 Å². The van der Waals surface area contributed by atoms with Crippen LogP contribution in [0.1, 0.15) is 10.4 Å². The summed E-state index contributed by atoms with van der Waals surface area (Å²) in [7, 11) is 0. The Morgan fingerprint density at radius 2 is 2.00 bits per heavy atom. The van der Waals surface area contributed by atoms with Gasteiger partial charge in [-0.2, -0.15) is 0 Å². The van der Waals surface area contributed by atoms with E-state index in [2.05, 4.69) is 37.9 Å². The van der Waals surface area contributed by atoms with Crippen molar-refractivity contribution < 1.29 is 4.79 Å². The lowest BCUT2D eigenvalue weighted by Gasteiger charge is -2.01. The SMILES string of the molecule is O=C(Nc1nc(-c2cccnc2)cs1)c1ccc(I)cc1. The predicted octanol–water partition coefficient (Wildman–Crippen LogP) is 4.06. The van der Waals surface area contributed by atoms with Crippen molar-refractivity contribution in [2.24, 2.45) is 0 Å². The number of benzene rings is 1. The quantitative estimate of drug-likeness (QED) is 0.667. The third-order valence-electron chi connectivity index (χ3n) is 2.79. The second kappa shape index (κ2) is 6.31. The van der Waals surface area contributed by atoms with Gasteiger partial charge in [-0.25, -0.2) is 4.98 Å². The minimum atomic E-state index is -0.154. The summed E-state index contributed by atoms with van der Waals surface area (Å²) < 4.78 is 1.09. The number of nitrogens with one attached hydrogen (secondary N) is 1. The van der Waals surface area contributed by atoms with Gasteiger partial charge in [0.2, 0.25) is 0 Å². The number of anilines is 1. The topological polar surface area (TPSA) is 54.9 Å². The fourth-order valence-electron chi connectivity index (χ4n) is 1.75. The maximum Gasteiger partial charge on any atom is 0.257 e. The first-order valence-electron chi connectivity index (χ1n) is 6.15. The highest BCUT2D eigenvalue weighted by atomic mass is 127. The number of pyridine rings is 1. The van der Waals surface area contributed by atoms with Crippen molar-refractivity contribution in [1.29, 1.82) is 0 Å². The van der Waals surface area contributed by atoms with E-state index in [0.29, 0.717) is 10.7 Å². The number of thiazole rings is 1. The lowest BCUT2D eigenvalue weighted by molar-refractivity contribution is 0.102. The van der Waals surface area contributed by atoms with E-state index in [0.717, 1.165) is 14.8 Å². The second-order valence-corrected chi connectivity index (χ2v) is 6.34. The maximum atomic E-state index is 12.1. The summed E-state index contributed by atoms with van der Waals surface area (Å²) in [6.45, 7) is 0. The van der Waals surface area contributed by atoms with E-state index in [1.807, 2.05) is 29.6 Å². The molecule has 0 aliphatic carbocycles. The fraction of sp³-hybridized carbons (Fsp3) is 0. The minimum Gasteiger partial charge on any atom is -0.298 e. The molecule has 0 bridgehead atoms. The standard InChI is InChI=1S/C15H10IN3OS/c16-12-5-3-10(4-6-12)14(20)19-15-18-13(9-21-15)11-2-1-7-17-8-11/h1-9H,(H,18,19,20). The number of aromatic nitrogens is 2. The molecule has 0 saturated carbocycles. The van der Waals surface area contributed by atoms with Gasteiger partial charge in [0.1, 0.15) is 0 Å². The summed E-state index contributed by atoms with van der Waals surface area (Å²) in [5, 5.41) is 5.30. The Hall–Kier alpha value is -1.80. The van der Waals surface area contributed by atoms with E-state index in [9.17, 15) is 4.79 Å². The van der Waals surface area contributed by atoms with Gasteiger partial charge in [0.15, 0.2) is 5.13 Å². The summed E-state index contributed by atoms with van der Waals surface area (Å²) in [4.78, 5) is 20.6. The maximum absolute atomic E-state index is 12.1. The molecule has 2 heterocycles. The van der Waals surface area contributed by atoms with Gasteiger partial charge in [-0.15, -0.1) is 11.3 Å². The number of halogens is 1. The molecule has 1 amide bonds. The molecule has 104 valence electrons. The average molecular weight is 407 g/mol. The number of nitrogens with zero attached hydrogens (tertiary/aromatic N) is 2. The minimum absolute atomic E-state index is 0.154. The molecule has 0 unspecified atom stereocenters. The molecular weight excluding hydrogens is 397 g/mol. The van der Waals surface area contributed by atoms with Crippen LogP contribution < -0.4 is 5.32 Å². The summed E-state index contributed by atoms with van der Waals surface area (Å²) in [5.41, 5.74) is 2.36. The van der Waals surface area contributed by atoms with Crippen molar-refractivity contribution in [3.63, 3.8) is 0 Å². The summed E-state index contributed by atoms with van der Waals surface area (Å²) in [5.74, 6) is -0.154. The first kappa shape index (κ1) is 14.2. The predicted molar refractivity (Wildman–Crippen MR) is 92.5 cm³/mol. The highest BCUT2D eigenvalue weighted by Crippen LogP contribution is 2.24. The number of carbonyl (C=O) groups is 1. The van der Waals surface area contributed by atoms with Crippen LogP contribution >= 0.6 is 33.9 Å². The number of amides is 1. The van der Waals surface area contributed by atoms with Crippen molar-refractivity contribution in [3.8, 4) is 11.3 Å². The molecule has 0 fully saturated rings. The molecule has 1 aromatic carbocycles. The van der Waals surface area contributed by atoms with Crippen LogP contribution in [0.25, 0.3) is 11.3 Å². The Morgan fingerprint density at radius 3 is 2.71 bits per heavy atom. The molecule has 6 heteroatoms. The van der Waals surface area contributed by atoms with Crippen LogP contribution in [0, 0.1) is 3.57 Å². The molecule has 0 spiro atoms. The number of hydrogen-bond donors (Lipinski definition) is 1.